The quantitative estimate of drug-likeness (QED) is 0.838. The molecule has 1 aromatic heterocycles. The first-order valence-corrected chi connectivity index (χ1v) is 5.58. The second-order valence-electron chi connectivity index (χ2n) is 4.17. The van der Waals surface area contributed by atoms with Crippen LogP contribution in [0, 0.1) is 17.5 Å². The van der Waals surface area contributed by atoms with Crippen LogP contribution in [-0.4, -0.2) is 15.7 Å². The van der Waals surface area contributed by atoms with Crippen molar-refractivity contribution in [2.45, 2.75) is 6.04 Å². The Morgan fingerprint density at radius 3 is 2.45 bits per heavy atom. The highest BCUT2D eigenvalue weighted by molar-refractivity contribution is 5.95. The number of hydrogen-bond donors (Lipinski definition) is 2. The van der Waals surface area contributed by atoms with Crippen LogP contribution in [0.15, 0.2) is 24.5 Å². The molecular formula is C12H11F3N4O. The Bertz CT molecular complexity index is 633. The van der Waals surface area contributed by atoms with Crippen LogP contribution in [0.25, 0.3) is 0 Å². The van der Waals surface area contributed by atoms with E-state index < -0.39 is 29.4 Å². The lowest BCUT2D eigenvalue weighted by Gasteiger charge is -2.11. The molecule has 0 aliphatic heterocycles. The van der Waals surface area contributed by atoms with Crippen molar-refractivity contribution in [3.8, 4) is 0 Å². The van der Waals surface area contributed by atoms with Gasteiger partial charge in [-0.1, -0.05) is 0 Å². The summed E-state index contributed by atoms with van der Waals surface area (Å²) in [6.07, 6.45) is 2.94. The Balaban J connectivity index is 2.15. The first kappa shape index (κ1) is 14.1. The molecule has 0 fully saturated rings. The fourth-order valence-corrected chi connectivity index (χ4v) is 1.60. The molecule has 1 unspecified atom stereocenters. The summed E-state index contributed by atoms with van der Waals surface area (Å²) in [6.45, 7) is 0. The largest absolute Gasteiger partial charge is 0.324 e. The topological polar surface area (TPSA) is 72.9 Å². The third-order valence-electron chi connectivity index (χ3n) is 2.62. The highest BCUT2D eigenvalue weighted by Gasteiger charge is 2.19. The summed E-state index contributed by atoms with van der Waals surface area (Å²) < 4.78 is 40.2. The Labute approximate surface area is 112 Å². The van der Waals surface area contributed by atoms with E-state index >= 15 is 0 Å². The number of nitrogens with zero attached hydrogens (tertiary/aromatic N) is 2. The van der Waals surface area contributed by atoms with Gasteiger partial charge in [-0.3, -0.25) is 9.48 Å². The zero-order valence-electron chi connectivity index (χ0n) is 10.4. The number of hydrogen-bond acceptors (Lipinski definition) is 3. The molecular weight excluding hydrogens is 273 g/mol. The van der Waals surface area contributed by atoms with Gasteiger partial charge in [0, 0.05) is 36.6 Å². The van der Waals surface area contributed by atoms with E-state index in [-0.39, 0.29) is 5.69 Å². The van der Waals surface area contributed by atoms with E-state index in [1.54, 1.807) is 7.05 Å². The van der Waals surface area contributed by atoms with Gasteiger partial charge in [0.1, 0.15) is 6.04 Å². The van der Waals surface area contributed by atoms with Crippen molar-refractivity contribution >= 4 is 11.6 Å². The molecule has 0 saturated heterocycles. The predicted molar refractivity (Wildman–Crippen MR) is 65.1 cm³/mol. The third-order valence-corrected chi connectivity index (χ3v) is 2.62. The smallest absolute Gasteiger partial charge is 0.246 e. The first-order valence-electron chi connectivity index (χ1n) is 5.58. The normalized spacial score (nSPS) is 12.2. The minimum atomic E-state index is -1.60. The SMILES string of the molecule is Cn1cc(C(N)C(=O)Nc2cc(F)c(F)c(F)c2)cn1. The maximum Gasteiger partial charge on any atom is 0.246 e. The van der Waals surface area contributed by atoms with Crippen molar-refractivity contribution in [2.75, 3.05) is 5.32 Å². The Kier molecular flexibility index (Phi) is 3.75. The number of aryl methyl sites for hydroxylation is 1. The lowest BCUT2D eigenvalue weighted by atomic mass is 10.1. The number of rotatable bonds is 3. The molecule has 0 radical (unpaired) electrons. The molecule has 0 aliphatic rings. The third kappa shape index (κ3) is 2.80. The van der Waals surface area contributed by atoms with Crippen molar-refractivity contribution in [2.24, 2.45) is 12.8 Å². The maximum absolute atomic E-state index is 13.0. The van der Waals surface area contributed by atoms with Gasteiger partial charge in [-0.25, -0.2) is 13.2 Å². The van der Waals surface area contributed by atoms with Crippen LogP contribution in [0.2, 0.25) is 0 Å². The minimum absolute atomic E-state index is 0.217. The second-order valence-corrected chi connectivity index (χ2v) is 4.17. The summed E-state index contributed by atoms with van der Waals surface area (Å²) in [5.74, 6) is -5.08. The summed E-state index contributed by atoms with van der Waals surface area (Å²) in [7, 11) is 1.65. The van der Waals surface area contributed by atoms with Crippen LogP contribution < -0.4 is 11.1 Å². The molecule has 0 aliphatic carbocycles. The number of halogens is 3. The van der Waals surface area contributed by atoms with Gasteiger partial charge in [0.2, 0.25) is 5.91 Å². The zero-order valence-corrected chi connectivity index (χ0v) is 10.4. The highest BCUT2D eigenvalue weighted by atomic mass is 19.2. The van der Waals surface area contributed by atoms with Crippen molar-refractivity contribution < 1.29 is 18.0 Å². The Morgan fingerprint density at radius 1 is 1.35 bits per heavy atom. The van der Waals surface area contributed by atoms with Gasteiger partial charge in [0.25, 0.3) is 0 Å². The van der Waals surface area contributed by atoms with E-state index in [1.807, 2.05) is 0 Å². The van der Waals surface area contributed by atoms with Crippen molar-refractivity contribution in [3.05, 3.63) is 47.5 Å². The van der Waals surface area contributed by atoms with Gasteiger partial charge < -0.3 is 11.1 Å². The Hall–Kier alpha value is -2.35. The summed E-state index contributed by atoms with van der Waals surface area (Å²) in [4.78, 5) is 11.8. The average Bonchev–Trinajstić information content (AvgIpc) is 2.81. The number of anilines is 1. The van der Waals surface area contributed by atoms with Crippen LogP contribution in [0.3, 0.4) is 0 Å². The molecule has 8 heteroatoms. The van der Waals surface area contributed by atoms with Gasteiger partial charge in [0.15, 0.2) is 17.5 Å². The van der Waals surface area contributed by atoms with E-state index in [9.17, 15) is 18.0 Å². The molecule has 0 saturated carbocycles. The number of carbonyl (C=O) groups excluding carboxylic acids is 1. The first-order chi connectivity index (χ1) is 9.38. The molecule has 0 spiro atoms. The molecule has 20 heavy (non-hydrogen) atoms. The standard InChI is InChI=1S/C12H11F3N4O/c1-19-5-6(4-17-19)11(16)12(20)18-7-2-8(13)10(15)9(14)3-7/h2-5,11H,16H2,1H3,(H,18,20). The lowest BCUT2D eigenvalue weighted by Crippen LogP contribution is -2.27. The number of carbonyl (C=O) groups is 1. The van der Waals surface area contributed by atoms with Crippen molar-refractivity contribution in [1.82, 2.24) is 9.78 Å². The number of nitrogens with two attached hydrogens (primary N) is 1. The number of benzene rings is 1. The molecule has 5 nitrogen and oxygen atoms in total. The van der Waals surface area contributed by atoms with Crippen molar-refractivity contribution in [3.63, 3.8) is 0 Å². The van der Waals surface area contributed by atoms with Gasteiger partial charge in [-0.05, 0) is 0 Å². The average molecular weight is 284 g/mol. The molecule has 106 valence electrons. The van der Waals surface area contributed by atoms with E-state index in [4.69, 9.17) is 5.73 Å². The van der Waals surface area contributed by atoms with E-state index in [2.05, 4.69) is 10.4 Å². The summed E-state index contributed by atoms with van der Waals surface area (Å²) in [5, 5.41) is 6.06. The second kappa shape index (κ2) is 5.33. The predicted octanol–water partition coefficient (Wildman–Crippen LogP) is 1.48. The zero-order chi connectivity index (χ0) is 14.9. The van der Waals surface area contributed by atoms with E-state index in [0.29, 0.717) is 17.7 Å². The van der Waals surface area contributed by atoms with Crippen LogP contribution >= 0.6 is 0 Å². The van der Waals surface area contributed by atoms with Gasteiger partial charge in [-0.15, -0.1) is 0 Å². The fraction of sp³-hybridized carbons (Fsp3) is 0.167. The number of nitrogens with one attached hydrogen (secondary N) is 1. The summed E-state index contributed by atoms with van der Waals surface area (Å²) in [6, 6.07) is 0.290. The van der Waals surface area contributed by atoms with Crippen LogP contribution in [0.5, 0.6) is 0 Å². The molecule has 3 N–H and O–H groups in total. The van der Waals surface area contributed by atoms with Gasteiger partial charge >= 0.3 is 0 Å². The molecule has 2 rings (SSSR count). The molecule has 1 heterocycles. The maximum atomic E-state index is 13.0. The number of aromatic nitrogens is 2. The lowest BCUT2D eigenvalue weighted by molar-refractivity contribution is -0.117. The van der Waals surface area contributed by atoms with Crippen LogP contribution in [0.4, 0.5) is 18.9 Å². The summed E-state index contributed by atoms with van der Waals surface area (Å²) >= 11 is 0. The molecule has 1 atom stereocenters. The Morgan fingerprint density at radius 2 is 1.95 bits per heavy atom. The van der Waals surface area contributed by atoms with Crippen LogP contribution in [0.1, 0.15) is 11.6 Å². The molecule has 2 aromatic rings. The minimum Gasteiger partial charge on any atom is -0.324 e. The van der Waals surface area contributed by atoms with E-state index in [1.165, 1.54) is 17.1 Å². The molecule has 0 bridgehead atoms. The summed E-state index contributed by atoms with van der Waals surface area (Å²) in [5.41, 5.74) is 5.90. The van der Waals surface area contributed by atoms with Gasteiger partial charge in [-0.2, -0.15) is 5.10 Å². The monoisotopic (exact) mass is 284 g/mol. The fourth-order valence-electron chi connectivity index (χ4n) is 1.60. The molecule has 1 aromatic carbocycles. The highest BCUT2D eigenvalue weighted by Crippen LogP contribution is 2.19. The van der Waals surface area contributed by atoms with E-state index in [0.717, 1.165) is 0 Å². The van der Waals surface area contributed by atoms with Crippen molar-refractivity contribution in [1.29, 1.82) is 0 Å². The van der Waals surface area contributed by atoms with Gasteiger partial charge in [0.05, 0.1) is 6.20 Å². The van der Waals surface area contributed by atoms with Crippen LogP contribution in [-0.2, 0) is 11.8 Å². The molecule has 1 amide bonds. The number of amides is 1.